The van der Waals surface area contributed by atoms with Gasteiger partial charge in [0.25, 0.3) is 10.1 Å². The number of fused-ring (bicyclic) bond motifs is 3. The van der Waals surface area contributed by atoms with Crippen LogP contribution in [-0.4, -0.2) is 24.2 Å². The van der Waals surface area contributed by atoms with Crippen LogP contribution in [-0.2, 0) is 10.1 Å². The van der Waals surface area contributed by atoms with Crippen molar-refractivity contribution in [2.75, 3.05) is 11.6 Å². The van der Waals surface area contributed by atoms with E-state index >= 15 is 0 Å². The molecule has 0 saturated carbocycles. The highest BCUT2D eigenvalue weighted by atomic mass is 32.2. The van der Waals surface area contributed by atoms with Crippen LogP contribution < -0.4 is 5.32 Å². The number of hydrogen-bond acceptors (Lipinski definition) is 3. The first-order valence-electron chi connectivity index (χ1n) is 8.10. The first-order valence-corrected chi connectivity index (χ1v) is 11.2. The lowest BCUT2D eigenvalue weighted by Crippen LogP contribution is -2.00. The summed E-state index contributed by atoms with van der Waals surface area (Å²) in [6.45, 7) is 4.02. The van der Waals surface area contributed by atoms with Crippen molar-refractivity contribution in [3.63, 3.8) is 0 Å². The highest BCUT2D eigenvalue weighted by molar-refractivity contribution is 8.16. The third-order valence-corrected chi connectivity index (χ3v) is 7.19. The predicted molar refractivity (Wildman–Crippen MR) is 111 cm³/mol. The van der Waals surface area contributed by atoms with Gasteiger partial charge >= 0.3 is 0 Å². The lowest BCUT2D eigenvalue weighted by molar-refractivity contribution is 0.483. The molecule has 0 amide bonds. The molecule has 26 heavy (non-hydrogen) atoms. The molecule has 0 saturated heterocycles. The van der Waals surface area contributed by atoms with E-state index in [1.165, 1.54) is 38.5 Å². The topological polar surface area (TPSA) is 66.4 Å². The van der Waals surface area contributed by atoms with E-state index in [-0.39, 0.29) is 15.4 Å². The van der Waals surface area contributed by atoms with Crippen molar-refractivity contribution in [2.24, 2.45) is 0 Å². The van der Waals surface area contributed by atoms with Crippen LogP contribution in [0.2, 0.25) is 0 Å². The maximum absolute atomic E-state index is 10.5. The molecule has 0 spiro atoms. The summed E-state index contributed by atoms with van der Waals surface area (Å²) >= 11 is 0. The highest BCUT2D eigenvalue weighted by Gasteiger charge is 2.16. The van der Waals surface area contributed by atoms with Crippen LogP contribution in [0, 0.1) is 6.92 Å². The second-order valence-corrected chi connectivity index (χ2v) is 9.63. The Morgan fingerprint density at radius 1 is 0.923 bits per heavy atom. The van der Waals surface area contributed by atoms with Crippen molar-refractivity contribution in [2.45, 2.75) is 23.6 Å². The van der Waals surface area contributed by atoms with Crippen LogP contribution in [0.1, 0.15) is 12.5 Å². The molecule has 0 radical (unpaired) electrons. The number of anilines is 1. The Morgan fingerprint density at radius 2 is 1.58 bits per heavy atom. The zero-order valence-electron chi connectivity index (χ0n) is 14.9. The number of benzene rings is 3. The van der Waals surface area contributed by atoms with Gasteiger partial charge in [-0.15, -0.1) is 10.5 Å². The normalized spacial score (nSPS) is 15.8. The molecule has 0 fully saturated rings. The van der Waals surface area contributed by atoms with E-state index in [0.29, 0.717) is 0 Å². The summed E-state index contributed by atoms with van der Waals surface area (Å²) in [7, 11) is -3.76. The second-order valence-electron chi connectivity index (χ2n) is 6.14. The molecule has 4 rings (SSSR count). The van der Waals surface area contributed by atoms with Gasteiger partial charge in [-0.1, -0.05) is 48.0 Å². The molecule has 1 aliphatic heterocycles. The van der Waals surface area contributed by atoms with Crippen LogP contribution >= 0.6 is 10.5 Å². The van der Waals surface area contributed by atoms with Gasteiger partial charge in [-0.3, -0.25) is 4.55 Å². The molecule has 1 unspecified atom stereocenters. The van der Waals surface area contributed by atoms with Crippen LogP contribution in [0.25, 0.3) is 10.8 Å². The van der Waals surface area contributed by atoms with Crippen LogP contribution in [0.3, 0.4) is 0 Å². The Labute approximate surface area is 156 Å². The monoisotopic (exact) mass is 387 g/mol. The van der Waals surface area contributed by atoms with Crippen molar-refractivity contribution in [1.29, 1.82) is 0 Å². The summed E-state index contributed by atoms with van der Waals surface area (Å²) in [5, 5.41) is 6.17. The lowest BCUT2D eigenvalue weighted by Gasteiger charge is -2.06. The standard InChI is InChI=1S/C13H13NS.C7H8O3S/c1-9-14-13-11-6-4-3-5-10(11)7-8-12(13)15(9)2;1-6-2-4-7(5-3-6)11(8,9)10/h3-8,14H,1-2H3;2-5H,1H3,(H,8,9,10). The number of hydrogen-bond donors (Lipinski definition) is 2. The molecule has 3 aromatic rings. The molecular weight excluding hydrogens is 366 g/mol. The largest absolute Gasteiger partial charge is 0.353 e. The van der Waals surface area contributed by atoms with Gasteiger partial charge in [0.05, 0.1) is 10.6 Å². The average Bonchev–Trinajstić information content (AvgIpc) is 2.90. The van der Waals surface area contributed by atoms with Crippen LogP contribution in [0.5, 0.6) is 0 Å². The van der Waals surface area contributed by atoms with Gasteiger partial charge in [0.15, 0.2) is 0 Å². The van der Waals surface area contributed by atoms with E-state index in [0.717, 1.165) is 5.56 Å². The van der Waals surface area contributed by atoms with E-state index in [1.54, 1.807) is 12.1 Å². The Kier molecular flexibility index (Phi) is 5.18. The van der Waals surface area contributed by atoms with E-state index in [1.807, 2.05) is 6.92 Å². The van der Waals surface area contributed by atoms with Crippen LogP contribution in [0.4, 0.5) is 5.69 Å². The average molecular weight is 388 g/mol. The molecule has 6 heteroatoms. The highest BCUT2D eigenvalue weighted by Crippen LogP contribution is 2.41. The van der Waals surface area contributed by atoms with Gasteiger partial charge in [0.1, 0.15) is 0 Å². The van der Waals surface area contributed by atoms with Crippen LogP contribution in [0.15, 0.2) is 70.5 Å². The second kappa shape index (κ2) is 7.23. The number of aryl methyl sites for hydroxylation is 1. The Morgan fingerprint density at radius 3 is 2.23 bits per heavy atom. The quantitative estimate of drug-likeness (QED) is 0.460. The Bertz CT molecular complexity index is 1100. The third kappa shape index (κ3) is 3.82. The number of nitrogens with one attached hydrogen (secondary N) is 1. The van der Waals surface area contributed by atoms with E-state index in [4.69, 9.17) is 4.55 Å². The van der Waals surface area contributed by atoms with Gasteiger partial charge in [-0.25, -0.2) is 0 Å². The maximum atomic E-state index is 10.5. The van der Waals surface area contributed by atoms with Crippen molar-refractivity contribution in [3.8, 4) is 0 Å². The molecule has 1 heterocycles. The fourth-order valence-corrected chi connectivity index (χ4v) is 4.57. The van der Waals surface area contributed by atoms with Gasteiger partial charge in [0, 0.05) is 15.3 Å². The number of rotatable bonds is 1. The van der Waals surface area contributed by atoms with Gasteiger partial charge in [0.2, 0.25) is 0 Å². The van der Waals surface area contributed by atoms with Crippen molar-refractivity contribution in [1.82, 2.24) is 0 Å². The van der Waals surface area contributed by atoms with E-state index in [9.17, 15) is 8.42 Å². The molecule has 3 aromatic carbocycles. The minimum atomic E-state index is -4.02. The molecule has 0 bridgehead atoms. The fraction of sp³-hybridized carbons (Fsp3) is 0.150. The SMILES string of the molecule is CC1=S(C)c2ccc3ccccc3c2N1.Cc1ccc(S(=O)(=O)O)cc1. The molecule has 136 valence electrons. The molecular formula is C20H21NO3S2. The smallest absolute Gasteiger partial charge is 0.294 e. The third-order valence-electron chi connectivity index (χ3n) is 4.30. The summed E-state index contributed by atoms with van der Waals surface area (Å²) in [4.78, 5) is 2.76. The molecule has 4 nitrogen and oxygen atoms in total. The minimum absolute atomic E-state index is 0.0666. The summed E-state index contributed by atoms with van der Waals surface area (Å²) in [5.74, 6) is 0. The molecule has 0 aromatic heterocycles. The van der Waals surface area contributed by atoms with E-state index in [2.05, 4.69) is 54.9 Å². The predicted octanol–water partition coefficient (Wildman–Crippen LogP) is 4.91. The first kappa shape index (κ1) is 18.6. The first-order chi connectivity index (χ1) is 12.3. The zero-order chi connectivity index (χ0) is 18.9. The summed E-state index contributed by atoms with van der Waals surface area (Å²) in [6.07, 6.45) is 2.28. The van der Waals surface area contributed by atoms with Gasteiger partial charge in [-0.05, 0) is 43.7 Å². The van der Waals surface area contributed by atoms with Gasteiger partial charge < -0.3 is 5.32 Å². The molecule has 1 atom stereocenters. The maximum Gasteiger partial charge on any atom is 0.294 e. The van der Waals surface area contributed by atoms with Gasteiger partial charge in [-0.2, -0.15) is 8.42 Å². The molecule has 1 aliphatic rings. The summed E-state index contributed by atoms with van der Waals surface area (Å²) in [6, 6.07) is 19.0. The van der Waals surface area contributed by atoms with Crippen molar-refractivity contribution < 1.29 is 13.0 Å². The molecule has 2 N–H and O–H groups in total. The molecule has 0 aliphatic carbocycles. The fourth-order valence-electron chi connectivity index (χ4n) is 2.76. The Balaban J connectivity index is 0.000000160. The van der Waals surface area contributed by atoms with E-state index < -0.39 is 10.1 Å². The summed E-state index contributed by atoms with van der Waals surface area (Å²) in [5.41, 5.74) is 2.27. The Hall–Kier alpha value is -2.15. The zero-order valence-corrected chi connectivity index (χ0v) is 16.5. The van der Waals surface area contributed by atoms with Crippen molar-refractivity contribution >= 4 is 42.1 Å². The minimum Gasteiger partial charge on any atom is -0.353 e. The van der Waals surface area contributed by atoms with Crippen molar-refractivity contribution in [3.05, 3.63) is 66.2 Å². The lowest BCUT2D eigenvalue weighted by atomic mass is 10.1. The summed E-state index contributed by atoms with van der Waals surface area (Å²) < 4.78 is 29.6.